The molecule has 1 aromatic rings. The van der Waals surface area contributed by atoms with Gasteiger partial charge in [0.2, 0.25) is 6.79 Å². The van der Waals surface area contributed by atoms with E-state index in [2.05, 4.69) is 0 Å². The van der Waals surface area contributed by atoms with Crippen molar-refractivity contribution in [2.45, 2.75) is 19.3 Å². The van der Waals surface area contributed by atoms with Crippen molar-refractivity contribution in [1.29, 1.82) is 0 Å². The Bertz CT molecular complexity index is 554. The molecule has 3 heteroatoms. The summed E-state index contributed by atoms with van der Waals surface area (Å²) in [7, 11) is 0. The fourth-order valence-electron chi connectivity index (χ4n) is 1.19. The van der Waals surface area contributed by atoms with Crippen molar-refractivity contribution < 1.29 is 20.4 Å². The van der Waals surface area contributed by atoms with E-state index in [0.717, 1.165) is 0 Å². The SMILES string of the molecule is [2H]C([2H])([2H])NC(C([2H])([2H])[2H])C([2H])([2H])c1ccc2c(c1)OCO2. The van der Waals surface area contributed by atoms with Crippen LogP contribution in [-0.2, 0) is 6.37 Å². The Labute approximate surface area is 95.3 Å². The summed E-state index contributed by atoms with van der Waals surface area (Å²) >= 11 is 0. The maximum atomic E-state index is 8.12. The molecular formula is C11H15NO2. The van der Waals surface area contributed by atoms with E-state index >= 15 is 0 Å². The number of hydrogen-bond donors (Lipinski definition) is 1. The zero-order valence-corrected chi connectivity index (χ0v) is 7.33. The van der Waals surface area contributed by atoms with Crippen LogP contribution in [0.4, 0.5) is 0 Å². The molecule has 76 valence electrons. The van der Waals surface area contributed by atoms with Crippen LogP contribution >= 0.6 is 0 Å². The third-order valence-electron chi connectivity index (χ3n) is 1.83. The molecule has 14 heavy (non-hydrogen) atoms. The van der Waals surface area contributed by atoms with Gasteiger partial charge in [0.1, 0.15) is 0 Å². The van der Waals surface area contributed by atoms with E-state index in [1.54, 1.807) is 0 Å². The molecule has 0 radical (unpaired) electrons. The normalized spacial score (nSPS) is 26.9. The number of hydrogen-bond acceptors (Lipinski definition) is 3. The monoisotopic (exact) mass is 201 g/mol. The molecule has 1 N–H and O–H groups in total. The van der Waals surface area contributed by atoms with Gasteiger partial charge in [-0.25, -0.2) is 0 Å². The van der Waals surface area contributed by atoms with Gasteiger partial charge in [-0.05, 0) is 37.9 Å². The van der Waals surface area contributed by atoms with Gasteiger partial charge in [0.05, 0.1) is 0 Å². The Hall–Kier alpha value is -1.22. The van der Waals surface area contributed by atoms with Crippen molar-refractivity contribution in [3.05, 3.63) is 23.8 Å². The minimum atomic E-state index is -2.85. The molecule has 1 aliphatic rings. The predicted molar refractivity (Wildman–Crippen MR) is 54.8 cm³/mol. The lowest BCUT2D eigenvalue weighted by molar-refractivity contribution is 0.174. The highest BCUT2D eigenvalue weighted by atomic mass is 16.7. The lowest BCUT2D eigenvalue weighted by atomic mass is 10.1. The molecule has 0 spiro atoms. The molecular weight excluding hydrogens is 178 g/mol. The molecule has 0 bridgehead atoms. The first kappa shape index (κ1) is 3.74. The topological polar surface area (TPSA) is 30.5 Å². The fraction of sp³-hybridized carbons (Fsp3) is 0.455. The van der Waals surface area contributed by atoms with Gasteiger partial charge < -0.3 is 14.8 Å². The van der Waals surface area contributed by atoms with Gasteiger partial charge in [-0.15, -0.1) is 0 Å². The molecule has 3 nitrogen and oxygen atoms in total. The van der Waals surface area contributed by atoms with Gasteiger partial charge in [0, 0.05) is 17.0 Å². The highest BCUT2D eigenvalue weighted by Crippen LogP contribution is 2.32. The first-order valence-corrected chi connectivity index (χ1v) is 4.09. The maximum absolute atomic E-state index is 8.12. The largest absolute Gasteiger partial charge is 0.454 e. The molecule has 1 atom stereocenters. The van der Waals surface area contributed by atoms with Crippen LogP contribution in [0.2, 0.25) is 0 Å². The third kappa shape index (κ3) is 1.82. The summed E-state index contributed by atoms with van der Waals surface area (Å²) in [6, 6.07) is 2.23. The molecule has 1 aliphatic heterocycles. The van der Waals surface area contributed by atoms with Crippen LogP contribution in [0.1, 0.15) is 23.4 Å². The number of nitrogens with one attached hydrogen (secondary N) is 1. The standard InChI is InChI=1S/C11H15NO2/c1-8(12-2)5-9-3-4-10-11(6-9)14-7-13-10/h3-4,6,8,12H,5,7H2,1-2H3/i1D3,2D3,5D2. The Morgan fingerprint density at radius 1 is 1.57 bits per heavy atom. The number of ether oxygens (including phenoxy) is 2. The van der Waals surface area contributed by atoms with Crippen LogP contribution < -0.4 is 14.8 Å². The van der Waals surface area contributed by atoms with E-state index < -0.39 is 26.2 Å². The number of benzene rings is 1. The van der Waals surface area contributed by atoms with Gasteiger partial charge >= 0.3 is 0 Å². The molecule has 0 aliphatic carbocycles. The third-order valence-corrected chi connectivity index (χ3v) is 1.83. The van der Waals surface area contributed by atoms with E-state index in [4.69, 9.17) is 20.4 Å². The smallest absolute Gasteiger partial charge is 0.231 e. The second-order valence-corrected chi connectivity index (χ2v) is 2.79. The first-order chi connectivity index (χ1) is 9.91. The zero-order chi connectivity index (χ0) is 16.8. The molecule has 0 fully saturated rings. The minimum Gasteiger partial charge on any atom is -0.454 e. The fourth-order valence-corrected chi connectivity index (χ4v) is 1.19. The molecule has 0 saturated heterocycles. The van der Waals surface area contributed by atoms with E-state index in [9.17, 15) is 0 Å². The number of fused-ring (bicyclic) bond motifs is 1. The molecule has 0 amide bonds. The van der Waals surface area contributed by atoms with Gasteiger partial charge in [-0.1, -0.05) is 6.07 Å². The van der Waals surface area contributed by atoms with Crippen LogP contribution in [-0.4, -0.2) is 19.8 Å². The second-order valence-electron chi connectivity index (χ2n) is 2.79. The number of likely N-dealkylation sites (N-methyl/N-ethyl adjacent to an activating group) is 1. The zero-order valence-electron chi connectivity index (χ0n) is 15.3. The van der Waals surface area contributed by atoms with E-state index in [0.29, 0.717) is 11.5 Å². The highest BCUT2D eigenvalue weighted by Gasteiger charge is 2.13. The second kappa shape index (κ2) is 3.88. The molecule has 0 saturated carbocycles. The van der Waals surface area contributed by atoms with Crippen LogP contribution in [0.15, 0.2) is 18.2 Å². The summed E-state index contributed by atoms with van der Waals surface area (Å²) in [5, 5.41) is 1.89. The van der Waals surface area contributed by atoms with Crippen molar-refractivity contribution in [2.75, 3.05) is 13.8 Å². The van der Waals surface area contributed by atoms with Crippen LogP contribution in [0.25, 0.3) is 0 Å². The average Bonchev–Trinajstić information content (AvgIpc) is 2.80. The Balaban J connectivity index is 2.40. The highest BCUT2D eigenvalue weighted by molar-refractivity contribution is 5.44. The lowest BCUT2D eigenvalue weighted by Gasteiger charge is -2.09. The van der Waals surface area contributed by atoms with Crippen molar-refractivity contribution in [3.63, 3.8) is 0 Å². The molecule has 2 rings (SSSR count). The lowest BCUT2D eigenvalue weighted by Crippen LogP contribution is -2.23. The Morgan fingerprint density at radius 3 is 3.36 bits per heavy atom. The van der Waals surface area contributed by atoms with Crippen LogP contribution in [0.3, 0.4) is 0 Å². The summed E-state index contributed by atoms with van der Waals surface area (Å²) in [6.07, 6.45) is -2.46. The van der Waals surface area contributed by atoms with Crippen molar-refractivity contribution in [1.82, 2.24) is 5.32 Å². The summed E-state index contributed by atoms with van der Waals surface area (Å²) in [6.45, 7) is -5.64. The summed E-state index contributed by atoms with van der Waals surface area (Å²) in [4.78, 5) is 0. The molecule has 1 aromatic carbocycles. The van der Waals surface area contributed by atoms with Gasteiger partial charge in [0.15, 0.2) is 11.5 Å². The Kier molecular flexibility index (Phi) is 1.04. The van der Waals surface area contributed by atoms with E-state index in [1.807, 2.05) is 5.32 Å². The Morgan fingerprint density at radius 2 is 2.50 bits per heavy atom. The average molecular weight is 201 g/mol. The van der Waals surface area contributed by atoms with Gasteiger partial charge in [-0.2, -0.15) is 0 Å². The van der Waals surface area contributed by atoms with E-state index in [1.165, 1.54) is 18.2 Å². The van der Waals surface area contributed by atoms with E-state index in [-0.39, 0.29) is 12.4 Å². The van der Waals surface area contributed by atoms with Crippen molar-refractivity contribution in [3.8, 4) is 11.5 Å². The number of rotatable bonds is 3. The summed E-state index contributed by atoms with van der Waals surface area (Å²) in [5.74, 6) is 0.716. The van der Waals surface area contributed by atoms with Crippen LogP contribution in [0.5, 0.6) is 11.5 Å². The molecule has 0 aromatic heterocycles. The summed E-state index contributed by atoms with van der Waals surface area (Å²) < 4.78 is 70.4. The minimum absolute atomic E-state index is 0.00198. The van der Waals surface area contributed by atoms with Gasteiger partial charge in [0.25, 0.3) is 0 Å². The van der Waals surface area contributed by atoms with Crippen LogP contribution in [0, 0.1) is 0 Å². The predicted octanol–water partition coefficient (Wildman–Crippen LogP) is 1.57. The maximum Gasteiger partial charge on any atom is 0.231 e. The van der Waals surface area contributed by atoms with Gasteiger partial charge in [-0.3, -0.25) is 0 Å². The quantitative estimate of drug-likeness (QED) is 0.805. The first-order valence-electron chi connectivity index (χ1n) is 8.09. The van der Waals surface area contributed by atoms with Crippen molar-refractivity contribution >= 4 is 0 Å². The summed E-state index contributed by atoms with van der Waals surface area (Å²) in [5.41, 5.74) is -0.00498. The molecule has 1 unspecified atom stereocenters. The van der Waals surface area contributed by atoms with Crippen molar-refractivity contribution in [2.24, 2.45) is 0 Å². The molecule has 1 heterocycles.